The zero-order valence-electron chi connectivity index (χ0n) is 16.7. The van der Waals surface area contributed by atoms with E-state index in [0.29, 0.717) is 17.1 Å². The Morgan fingerprint density at radius 3 is 2.13 bits per heavy atom. The number of aryl methyl sites for hydroxylation is 2. The molecule has 0 saturated heterocycles. The Morgan fingerprint density at radius 2 is 1.55 bits per heavy atom. The second-order valence-electron chi connectivity index (χ2n) is 6.44. The highest BCUT2D eigenvalue weighted by Crippen LogP contribution is 2.19. The van der Waals surface area contributed by atoms with Crippen molar-refractivity contribution in [2.24, 2.45) is 0 Å². The van der Waals surface area contributed by atoms with E-state index in [1.807, 2.05) is 0 Å². The Bertz CT molecular complexity index is 1180. The lowest BCUT2D eigenvalue weighted by atomic mass is 10.3. The van der Waals surface area contributed by atoms with Crippen LogP contribution in [0.3, 0.4) is 0 Å². The van der Waals surface area contributed by atoms with Crippen molar-refractivity contribution in [3.63, 3.8) is 0 Å². The zero-order chi connectivity index (χ0) is 22.6. The van der Waals surface area contributed by atoms with E-state index in [9.17, 15) is 13.2 Å². The Labute approximate surface area is 183 Å². The number of thioether (sulfide) groups is 1. The minimum absolute atomic E-state index is 0.00342. The molecule has 0 spiro atoms. The minimum atomic E-state index is -3.88. The van der Waals surface area contributed by atoms with E-state index in [2.05, 4.69) is 30.0 Å². The van der Waals surface area contributed by atoms with Gasteiger partial charge in [-0.1, -0.05) is 11.8 Å². The smallest absolute Gasteiger partial charge is 0.264 e. The Morgan fingerprint density at radius 1 is 0.968 bits per heavy atom. The number of nitrogens with zero attached hydrogens (tertiary/aromatic N) is 4. The van der Waals surface area contributed by atoms with Gasteiger partial charge < -0.3 is 16.8 Å². The fraction of sp³-hybridized carbons (Fsp3) is 0.167. The van der Waals surface area contributed by atoms with Crippen LogP contribution in [0.4, 0.5) is 23.3 Å². The molecule has 2 heterocycles. The van der Waals surface area contributed by atoms with Crippen molar-refractivity contribution in [3.05, 3.63) is 47.8 Å². The number of rotatable bonds is 7. The molecule has 3 aromatic rings. The predicted molar refractivity (Wildman–Crippen MR) is 119 cm³/mol. The Kier molecular flexibility index (Phi) is 6.56. The maximum Gasteiger partial charge on any atom is 0.264 e. The lowest BCUT2D eigenvalue weighted by Gasteiger charge is -2.09. The molecule has 0 radical (unpaired) electrons. The van der Waals surface area contributed by atoms with Gasteiger partial charge >= 0.3 is 0 Å². The van der Waals surface area contributed by atoms with E-state index >= 15 is 0 Å². The molecule has 2 aromatic heterocycles. The maximum absolute atomic E-state index is 12.6. The number of amides is 1. The third-order valence-corrected chi connectivity index (χ3v) is 5.93. The summed E-state index contributed by atoms with van der Waals surface area (Å²) in [7, 11) is -3.88. The number of benzene rings is 1. The molecule has 11 nitrogen and oxygen atoms in total. The molecule has 0 fully saturated rings. The van der Waals surface area contributed by atoms with Crippen molar-refractivity contribution < 1.29 is 13.2 Å². The van der Waals surface area contributed by atoms with E-state index in [0.717, 1.165) is 11.8 Å². The molecule has 0 saturated carbocycles. The normalized spacial score (nSPS) is 11.2. The van der Waals surface area contributed by atoms with Gasteiger partial charge in [-0.25, -0.2) is 33.1 Å². The summed E-state index contributed by atoms with van der Waals surface area (Å²) in [4.78, 5) is 28.3. The van der Waals surface area contributed by atoms with Crippen molar-refractivity contribution >= 4 is 51.0 Å². The number of hydrogen-bond acceptors (Lipinski definition) is 10. The number of aromatic nitrogens is 4. The summed E-state index contributed by atoms with van der Waals surface area (Å²) < 4.78 is 27.5. The van der Waals surface area contributed by atoms with E-state index < -0.39 is 10.0 Å². The second kappa shape index (κ2) is 9.14. The third-order valence-electron chi connectivity index (χ3n) is 3.73. The lowest BCUT2D eigenvalue weighted by molar-refractivity contribution is -0.113. The van der Waals surface area contributed by atoms with Crippen LogP contribution in [0.25, 0.3) is 0 Å². The van der Waals surface area contributed by atoms with Crippen LogP contribution in [0.2, 0.25) is 0 Å². The highest BCUT2D eigenvalue weighted by atomic mass is 32.2. The molecule has 0 unspecified atom stereocenters. The molecular formula is C18H20N8O3S2. The summed E-state index contributed by atoms with van der Waals surface area (Å²) in [6.45, 7) is 3.49. The van der Waals surface area contributed by atoms with E-state index in [-0.39, 0.29) is 39.3 Å². The van der Waals surface area contributed by atoms with Gasteiger partial charge in [-0.2, -0.15) is 0 Å². The topological polar surface area (TPSA) is 179 Å². The van der Waals surface area contributed by atoms with Gasteiger partial charge in [0, 0.05) is 23.1 Å². The standard InChI is InChI=1S/C18H20N8O3S2/c1-10-7-11(2)22-17(21-10)26-31(28,29)13-5-3-12(4-6-13)23-16(27)9-30-18-24-14(19)8-15(20)25-18/h3-8H,9H2,1-2H3,(H,23,27)(H,21,22,26)(H4,19,20,24,25). The highest BCUT2D eigenvalue weighted by molar-refractivity contribution is 7.99. The van der Waals surface area contributed by atoms with Crippen LogP contribution >= 0.6 is 11.8 Å². The summed E-state index contributed by atoms with van der Waals surface area (Å²) in [6.07, 6.45) is 0. The van der Waals surface area contributed by atoms with Crippen LogP contribution in [-0.4, -0.2) is 40.0 Å². The first-order valence-electron chi connectivity index (χ1n) is 8.88. The van der Waals surface area contributed by atoms with Gasteiger partial charge in [0.25, 0.3) is 10.0 Å². The van der Waals surface area contributed by atoms with E-state index in [1.165, 1.54) is 30.3 Å². The molecular weight excluding hydrogens is 440 g/mol. The number of nitrogens with one attached hydrogen (secondary N) is 2. The van der Waals surface area contributed by atoms with Gasteiger partial charge in [-0.15, -0.1) is 0 Å². The lowest BCUT2D eigenvalue weighted by Crippen LogP contribution is -2.17. The first kappa shape index (κ1) is 22.2. The number of nitrogens with two attached hydrogens (primary N) is 2. The number of carbonyl (C=O) groups is 1. The second-order valence-corrected chi connectivity index (χ2v) is 9.07. The van der Waals surface area contributed by atoms with E-state index in [4.69, 9.17) is 11.5 Å². The van der Waals surface area contributed by atoms with Crippen molar-refractivity contribution in [1.29, 1.82) is 0 Å². The number of nitrogen functional groups attached to an aromatic ring is 2. The van der Waals surface area contributed by atoms with Gasteiger partial charge in [0.2, 0.25) is 11.9 Å². The minimum Gasteiger partial charge on any atom is -0.383 e. The molecule has 162 valence electrons. The molecule has 31 heavy (non-hydrogen) atoms. The van der Waals surface area contributed by atoms with E-state index in [1.54, 1.807) is 19.9 Å². The average Bonchev–Trinajstić information content (AvgIpc) is 2.65. The number of sulfonamides is 1. The van der Waals surface area contributed by atoms with Gasteiger partial charge in [0.15, 0.2) is 5.16 Å². The van der Waals surface area contributed by atoms with Crippen LogP contribution < -0.4 is 21.5 Å². The van der Waals surface area contributed by atoms with Gasteiger partial charge in [-0.3, -0.25) is 4.79 Å². The summed E-state index contributed by atoms with van der Waals surface area (Å²) in [5.41, 5.74) is 12.9. The maximum atomic E-state index is 12.6. The molecule has 0 atom stereocenters. The van der Waals surface area contributed by atoms with Crippen molar-refractivity contribution in [1.82, 2.24) is 19.9 Å². The van der Waals surface area contributed by atoms with Gasteiger partial charge in [0.1, 0.15) is 11.6 Å². The van der Waals surface area contributed by atoms with Crippen molar-refractivity contribution in [2.45, 2.75) is 23.9 Å². The predicted octanol–water partition coefficient (Wildman–Crippen LogP) is 1.58. The molecule has 3 rings (SSSR count). The molecule has 6 N–H and O–H groups in total. The van der Waals surface area contributed by atoms with Gasteiger partial charge in [0.05, 0.1) is 10.6 Å². The molecule has 0 bridgehead atoms. The van der Waals surface area contributed by atoms with Crippen LogP contribution in [0.1, 0.15) is 11.4 Å². The SMILES string of the molecule is Cc1cc(C)nc(NS(=O)(=O)c2ccc(NC(=O)CSc3nc(N)cc(N)n3)cc2)n1. The van der Waals surface area contributed by atoms with Crippen molar-refractivity contribution in [3.8, 4) is 0 Å². The zero-order valence-corrected chi connectivity index (χ0v) is 18.3. The van der Waals surface area contributed by atoms with Gasteiger partial charge in [-0.05, 0) is 44.2 Å². The van der Waals surface area contributed by atoms with Crippen LogP contribution in [0.5, 0.6) is 0 Å². The fourth-order valence-corrected chi connectivity index (χ4v) is 4.14. The largest absolute Gasteiger partial charge is 0.383 e. The average molecular weight is 461 g/mol. The fourth-order valence-electron chi connectivity index (χ4n) is 2.52. The highest BCUT2D eigenvalue weighted by Gasteiger charge is 2.16. The number of hydrogen-bond donors (Lipinski definition) is 4. The first-order valence-corrected chi connectivity index (χ1v) is 11.4. The Hall–Kier alpha value is -3.45. The van der Waals surface area contributed by atoms with Crippen LogP contribution in [-0.2, 0) is 14.8 Å². The molecule has 0 aliphatic carbocycles. The molecule has 0 aliphatic rings. The molecule has 13 heteroatoms. The quantitative estimate of drug-likeness (QED) is 0.299. The summed E-state index contributed by atoms with van der Waals surface area (Å²) in [5, 5.41) is 2.95. The van der Waals surface area contributed by atoms with Crippen LogP contribution in [0, 0.1) is 13.8 Å². The third kappa shape index (κ3) is 6.26. The van der Waals surface area contributed by atoms with Crippen molar-refractivity contribution in [2.75, 3.05) is 27.3 Å². The Balaban J connectivity index is 1.61. The number of carbonyl (C=O) groups excluding carboxylic acids is 1. The molecule has 0 aliphatic heterocycles. The first-order chi connectivity index (χ1) is 14.6. The molecule has 1 amide bonds. The summed E-state index contributed by atoms with van der Waals surface area (Å²) >= 11 is 1.07. The number of anilines is 4. The van der Waals surface area contributed by atoms with Crippen LogP contribution in [0.15, 0.2) is 46.5 Å². The summed E-state index contributed by atoms with van der Waals surface area (Å²) in [5.74, 6) is 0.122. The summed E-state index contributed by atoms with van der Waals surface area (Å²) in [6, 6.07) is 8.86. The molecule has 1 aromatic carbocycles. The monoisotopic (exact) mass is 460 g/mol.